The zero-order valence-electron chi connectivity index (χ0n) is 9.91. The highest BCUT2D eigenvalue weighted by Crippen LogP contribution is 2.51. The predicted molar refractivity (Wildman–Crippen MR) is 63.9 cm³/mol. The van der Waals surface area contributed by atoms with E-state index in [1.165, 1.54) is 31.3 Å². The fraction of sp³-hybridized carbons (Fsp3) is 0.643. The lowest BCUT2D eigenvalue weighted by Gasteiger charge is -2.28. The van der Waals surface area contributed by atoms with Crippen molar-refractivity contribution in [3.05, 3.63) is 23.3 Å². The van der Waals surface area contributed by atoms with E-state index in [-0.39, 0.29) is 0 Å². The van der Waals surface area contributed by atoms with Crippen LogP contribution in [-0.2, 0) is 4.79 Å². The highest BCUT2D eigenvalue weighted by atomic mass is 16.2. The summed E-state index contributed by atoms with van der Waals surface area (Å²) in [5, 5.41) is 0. The normalized spacial score (nSPS) is 32.7. The van der Waals surface area contributed by atoms with Crippen molar-refractivity contribution < 1.29 is 4.79 Å². The number of nitrogens with zero attached hydrogens (tertiary/aromatic N) is 1. The Kier molecular flexibility index (Phi) is 2.38. The molecule has 0 aromatic carbocycles. The van der Waals surface area contributed by atoms with Gasteiger partial charge in [-0.25, -0.2) is 0 Å². The van der Waals surface area contributed by atoms with Gasteiger partial charge < -0.3 is 4.90 Å². The minimum Gasteiger partial charge on any atom is -0.339 e. The molecule has 0 bridgehead atoms. The maximum Gasteiger partial charge on any atom is 0.250 e. The number of piperidine rings is 1. The van der Waals surface area contributed by atoms with Crippen molar-refractivity contribution in [1.82, 2.24) is 4.90 Å². The SMILES string of the molecule is CC1=CC=C(C(=O)N2CCCCC2)C2CC12. The Hall–Kier alpha value is -1.05. The number of fused-ring (bicyclic) bond motifs is 1. The van der Waals surface area contributed by atoms with Crippen LogP contribution in [0.15, 0.2) is 23.3 Å². The van der Waals surface area contributed by atoms with E-state index in [4.69, 9.17) is 0 Å². The lowest BCUT2D eigenvalue weighted by molar-refractivity contribution is -0.128. The van der Waals surface area contributed by atoms with E-state index in [0.29, 0.717) is 17.7 Å². The van der Waals surface area contributed by atoms with E-state index in [9.17, 15) is 4.79 Å². The van der Waals surface area contributed by atoms with Crippen LogP contribution >= 0.6 is 0 Å². The Morgan fingerprint density at radius 3 is 2.69 bits per heavy atom. The van der Waals surface area contributed by atoms with Gasteiger partial charge in [0.2, 0.25) is 5.91 Å². The molecule has 0 radical (unpaired) electrons. The molecule has 1 saturated carbocycles. The molecule has 86 valence electrons. The van der Waals surface area contributed by atoms with Crippen molar-refractivity contribution >= 4 is 5.91 Å². The Morgan fingerprint density at radius 1 is 1.19 bits per heavy atom. The highest BCUT2D eigenvalue weighted by Gasteiger charge is 2.45. The largest absolute Gasteiger partial charge is 0.339 e. The molecule has 16 heavy (non-hydrogen) atoms. The highest BCUT2D eigenvalue weighted by molar-refractivity contribution is 5.95. The number of hydrogen-bond donors (Lipinski definition) is 0. The van der Waals surface area contributed by atoms with Crippen molar-refractivity contribution in [2.45, 2.75) is 32.6 Å². The van der Waals surface area contributed by atoms with Crippen molar-refractivity contribution in [3.8, 4) is 0 Å². The first-order chi connectivity index (χ1) is 7.77. The number of allylic oxidation sites excluding steroid dienone is 3. The van der Waals surface area contributed by atoms with Gasteiger partial charge in [0.1, 0.15) is 0 Å². The van der Waals surface area contributed by atoms with E-state index in [1.54, 1.807) is 0 Å². The number of carbonyl (C=O) groups is 1. The number of rotatable bonds is 1. The number of hydrogen-bond acceptors (Lipinski definition) is 1. The first-order valence-corrected chi connectivity index (χ1v) is 6.45. The molecular formula is C14H19NO. The third-order valence-electron chi connectivity index (χ3n) is 4.19. The number of amides is 1. The third kappa shape index (κ3) is 1.60. The van der Waals surface area contributed by atoms with Crippen LogP contribution in [0.5, 0.6) is 0 Å². The summed E-state index contributed by atoms with van der Waals surface area (Å²) in [4.78, 5) is 14.4. The van der Waals surface area contributed by atoms with Gasteiger partial charge in [-0.15, -0.1) is 0 Å². The van der Waals surface area contributed by atoms with E-state index >= 15 is 0 Å². The molecule has 1 saturated heterocycles. The van der Waals surface area contributed by atoms with Gasteiger partial charge in [0.15, 0.2) is 0 Å². The Bertz CT molecular complexity index is 374. The van der Waals surface area contributed by atoms with E-state index in [1.807, 2.05) is 0 Å². The standard InChI is InChI=1S/C14H19NO/c1-10-5-6-11(13-9-12(10)13)14(16)15-7-3-2-4-8-15/h5-6,12-13H,2-4,7-9H2,1H3. The first-order valence-electron chi connectivity index (χ1n) is 6.45. The second kappa shape index (κ2) is 3.76. The monoisotopic (exact) mass is 217 g/mol. The summed E-state index contributed by atoms with van der Waals surface area (Å²) in [6, 6.07) is 0. The Morgan fingerprint density at radius 2 is 1.94 bits per heavy atom. The summed E-state index contributed by atoms with van der Waals surface area (Å²) < 4.78 is 0. The third-order valence-corrected chi connectivity index (χ3v) is 4.19. The van der Waals surface area contributed by atoms with Crippen molar-refractivity contribution in [2.24, 2.45) is 11.8 Å². The first kappa shape index (κ1) is 10.1. The van der Waals surface area contributed by atoms with Crippen LogP contribution in [0, 0.1) is 11.8 Å². The summed E-state index contributed by atoms with van der Waals surface area (Å²) in [5.74, 6) is 1.56. The van der Waals surface area contributed by atoms with Crippen LogP contribution in [0.1, 0.15) is 32.6 Å². The van der Waals surface area contributed by atoms with Crippen LogP contribution in [-0.4, -0.2) is 23.9 Å². The van der Waals surface area contributed by atoms with Crippen molar-refractivity contribution in [1.29, 1.82) is 0 Å². The smallest absolute Gasteiger partial charge is 0.250 e. The Labute approximate surface area is 97.0 Å². The van der Waals surface area contributed by atoms with Gasteiger partial charge in [-0.2, -0.15) is 0 Å². The molecule has 3 rings (SSSR count). The second-order valence-corrected chi connectivity index (χ2v) is 5.33. The lowest BCUT2D eigenvalue weighted by atomic mass is 9.98. The zero-order valence-corrected chi connectivity index (χ0v) is 9.91. The fourth-order valence-corrected chi connectivity index (χ4v) is 3.02. The molecule has 1 aliphatic heterocycles. The summed E-state index contributed by atoms with van der Waals surface area (Å²) in [6.07, 6.45) is 9.07. The predicted octanol–water partition coefficient (Wildman–Crippen LogP) is 2.52. The van der Waals surface area contributed by atoms with E-state index in [0.717, 1.165) is 18.7 Å². The molecule has 1 amide bonds. The summed E-state index contributed by atoms with van der Waals surface area (Å²) >= 11 is 0. The molecule has 2 nitrogen and oxygen atoms in total. The summed E-state index contributed by atoms with van der Waals surface area (Å²) in [7, 11) is 0. The van der Waals surface area contributed by atoms with Crippen LogP contribution in [0.3, 0.4) is 0 Å². The molecule has 2 atom stereocenters. The van der Waals surface area contributed by atoms with Gasteiger partial charge in [0.25, 0.3) is 0 Å². The van der Waals surface area contributed by atoms with E-state index < -0.39 is 0 Å². The molecule has 0 spiro atoms. The lowest BCUT2D eigenvalue weighted by Crippen LogP contribution is -2.37. The van der Waals surface area contributed by atoms with Gasteiger partial charge in [-0.1, -0.05) is 17.7 Å². The number of likely N-dealkylation sites (tertiary alicyclic amines) is 1. The van der Waals surface area contributed by atoms with Crippen LogP contribution in [0.4, 0.5) is 0 Å². The van der Waals surface area contributed by atoms with Crippen LogP contribution in [0.25, 0.3) is 0 Å². The molecule has 2 heteroatoms. The zero-order chi connectivity index (χ0) is 11.1. The van der Waals surface area contributed by atoms with Gasteiger partial charge >= 0.3 is 0 Å². The topological polar surface area (TPSA) is 20.3 Å². The van der Waals surface area contributed by atoms with Crippen molar-refractivity contribution in [2.75, 3.05) is 13.1 Å². The number of carbonyl (C=O) groups excluding carboxylic acids is 1. The van der Waals surface area contributed by atoms with Gasteiger partial charge in [-0.3, -0.25) is 4.79 Å². The van der Waals surface area contributed by atoms with Crippen molar-refractivity contribution in [3.63, 3.8) is 0 Å². The quantitative estimate of drug-likeness (QED) is 0.661. The fourth-order valence-electron chi connectivity index (χ4n) is 3.02. The second-order valence-electron chi connectivity index (χ2n) is 5.33. The van der Waals surface area contributed by atoms with E-state index in [2.05, 4.69) is 24.0 Å². The maximum absolute atomic E-state index is 12.3. The van der Waals surface area contributed by atoms with Gasteiger partial charge in [0.05, 0.1) is 0 Å². The molecule has 2 aliphatic carbocycles. The molecule has 2 unspecified atom stereocenters. The molecule has 0 N–H and O–H groups in total. The van der Waals surface area contributed by atoms with Crippen LogP contribution in [0.2, 0.25) is 0 Å². The molecular weight excluding hydrogens is 198 g/mol. The average Bonchev–Trinajstić information content (AvgIpc) is 3.11. The minimum atomic E-state index is 0.316. The minimum absolute atomic E-state index is 0.316. The maximum atomic E-state index is 12.3. The van der Waals surface area contributed by atoms with Gasteiger partial charge in [0, 0.05) is 18.7 Å². The average molecular weight is 217 g/mol. The molecule has 3 aliphatic rings. The molecule has 1 heterocycles. The Balaban J connectivity index is 1.75. The molecule has 0 aromatic heterocycles. The van der Waals surface area contributed by atoms with Gasteiger partial charge in [-0.05, 0) is 44.4 Å². The summed E-state index contributed by atoms with van der Waals surface area (Å²) in [6.45, 7) is 4.12. The summed E-state index contributed by atoms with van der Waals surface area (Å²) in [5.41, 5.74) is 2.54. The molecule has 2 fully saturated rings. The molecule has 0 aromatic rings. The van der Waals surface area contributed by atoms with Crippen LogP contribution < -0.4 is 0 Å².